The van der Waals surface area contributed by atoms with Crippen molar-refractivity contribution in [2.45, 2.75) is 32.7 Å². The molecule has 2 N–H and O–H groups in total. The molecule has 2 heterocycles. The molecule has 0 aromatic rings. The summed E-state index contributed by atoms with van der Waals surface area (Å²) in [5.74, 6) is 0.230. The molecule has 0 aromatic heterocycles. The van der Waals surface area contributed by atoms with Crippen LogP contribution >= 0.6 is 0 Å². The first-order chi connectivity index (χ1) is 9.10. The number of likely N-dealkylation sites (tertiary alicyclic amines) is 1. The third-order valence-electron chi connectivity index (χ3n) is 4.76. The second-order valence-electron chi connectivity index (χ2n) is 5.96. The second-order valence-corrected chi connectivity index (χ2v) is 5.96. The third-order valence-corrected chi connectivity index (χ3v) is 4.76. The number of ether oxygens (including phenoxy) is 1. The van der Waals surface area contributed by atoms with E-state index in [9.17, 15) is 4.79 Å². The number of nitrogens with two attached hydrogens (primary N) is 1. The molecule has 0 radical (unpaired) electrons. The predicted octanol–water partition coefficient (Wildman–Crippen LogP) is 0.295. The van der Waals surface area contributed by atoms with Crippen LogP contribution in [0.25, 0.3) is 0 Å². The second kappa shape index (κ2) is 6.20. The number of carbonyl (C=O) groups is 1. The fraction of sp³-hybridized carbons (Fsp3) is 0.929. The standard InChI is InChI=1S/C14H27N3O2/c1-3-14(2,11-15)13(18)17-5-4-12(10-17)16-6-8-19-9-7-16/h12H,3-11,15H2,1-2H3. The monoisotopic (exact) mass is 269 g/mol. The Kier molecular flexibility index (Phi) is 4.81. The molecule has 1 amide bonds. The van der Waals surface area contributed by atoms with Gasteiger partial charge in [0.2, 0.25) is 5.91 Å². The summed E-state index contributed by atoms with van der Waals surface area (Å²) in [7, 11) is 0. The van der Waals surface area contributed by atoms with E-state index in [1.807, 2.05) is 18.7 Å². The van der Waals surface area contributed by atoms with Crippen molar-refractivity contribution in [2.24, 2.45) is 11.1 Å². The highest BCUT2D eigenvalue weighted by atomic mass is 16.5. The van der Waals surface area contributed by atoms with Crippen molar-refractivity contribution >= 4 is 5.91 Å². The first-order valence-electron chi connectivity index (χ1n) is 7.42. The van der Waals surface area contributed by atoms with Crippen LogP contribution in [0.3, 0.4) is 0 Å². The largest absolute Gasteiger partial charge is 0.379 e. The molecule has 2 unspecified atom stereocenters. The minimum absolute atomic E-state index is 0.230. The van der Waals surface area contributed by atoms with E-state index in [4.69, 9.17) is 10.5 Å². The van der Waals surface area contributed by atoms with Gasteiger partial charge in [0.25, 0.3) is 0 Å². The van der Waals surface area contributed by atoms with Gasteiger partial charge in [0.1, 0.15) is 0 Å². The number of rotatable bonds is 4. The topological polar surface area (TPSA) is 58.8 Å². The van der Waals surface area contributed by atoms with Crippen molar-refractivity contribution in [3.05, 3.63) is 0 Å². The predicted molar refractivity (Wildman–Crippen MR) is 74.8 cm³/mol. The Morgan fingerprint density at radius 2 is 2.05 bits per heavy atom. The number of hydrogen-bond acceptors (Lipinski definition) is 4. The van der Waals surface area contributed by atoms with Crippen molar-refractivity contribution in [1.82, 2.24) is 9.80 Å². The molecule has 0 saturated carbocycles. The number of morpholine rings is 1. The van der Waals surface area contributed by atoms with Gasteiger partial charge in [-0.2, -0.15) is 0 Å². The normalized spacial score (nSPS) is 28.4. The fourth-order valence-corrected chi connectivity index (χ4v) is 2.93. The van der Waals surface area contributed by atoms with E-state index in [2.05, 4.69) is 4.90 Å². The van der Waals surface area contributed by atoms with Gasteiger partial charge < -0.3 is 15.4 Å². The molecule has 2 rings (SSSR count). The van der Waals surface area contributed by atoms with Crippen molar-refractivity contribution < 1.29 is 9.53 Å². The van der Waals surface area contributed by atoms with Gasteiger partial charge in [0, 0.05) is 38.8 Å². The summed E-state index contributed by atoms with van der Waals surface area (Å²) in [4.78, 5) is 17.0. The lowest BCUT2D eigenvalue weighted by Gasteiger charge is -2.33. The van der Waals surface area contributed by atoms with Crippen LogP contribution in [0.4, 0.5) is 0 Å². The summed E-state index contributed by atoms with van der Waals surface area (Å²) in [5, 5.41) is 0. The van der Waals surface area contributed by atoms with Gasteiger partial charge in [0.05, 0.1) is 18.6 Å². The molecule has 2 fully saturated rings. The zero-order valence-corrected chi connectivity index (χ0v) is 12.2. The lowest BCUT2D eigenvalue weighted by molar-refractivity contribution is -0.140. The molecule has 0 aromatic carbocycles. The van der Waals surface area contributed by atoms with E-state index in [1.54, 1.807) is 0 Å². The van der Waals surface area contributed by atoms with Crippen LogP contribution < -0.4 is 5.73 Å². The lowest BCUT2D eigenvalue weighted by Crippen LogP contribution is -2.48. The average molecular weight is 269 g/mol. The van der Waals surface area contributed by atoms with Gasteiger partial charge in [-0.3, -0.25) is 9.69 Å². The SMILES string of the molecule is CCC(C)(CN)C(=O)N1CCC(N2CCOCC2)C1. The first-order valence-corrected chi connectivity index (χ1v) is 7.42. The average Bonchev–Trinajstić information content (AvgIpc) is 2.96. The van der Waals surface area contributed by atoms with Gasteiger partial charge in [-0.1, -0.05) is 6.92 Å². The molecule has 5 heteroatoms. The molecule has 0 bridgehead atoms. The van der Waals surface area contributed by atoms with Crippen LogP contribution in [0.15, 0.2) is 0 Å². The molecule has 2 saturated heterocycles. The summed E-state index contributed by atoms with van der Waals surface area (Å²) in [6, 6.07) is 0.506. The number of carbonyl (C=O) groups excluding carboxylic acids is 1. The van der Waals surface area contributed by atoms with Crippen molar-refractivity contribution in [2.75, 3.05) is 45.9 Å². The maximum Gasteiger partial charge on any atom is 0.229 e. The Morgan fingerprint density at radius 3 is 2.63 bits per heavy atom. The molecule has 5 nitrogen and oxygen atoms in total. The summed E-state index contributed by atoms with van der Waals surface area (Å²) in [6.07, 6.45) is 1.89. The van der Waals surface area contributed by atoms with Crippen LogP contribution in [0.5, 0.6) is 0 Å². The van der Waals surface area contributed by atoms with Gasteiger partial charge in [-0.15, -0.1) is 0 Å². The Bertz CT molecular complexity index is 312. The highest BCUT2D eigenvalue weighted by Gasteiger charge is 2.38. The zero-order valence-electron chi connectivity index (χ0n) is 12.2. The van der Waals surface area contributed by atoms with E-state index >= 15 is 0 Å². The Labute approximate surface area is 116 Å². The molecule has 2 atom stereocenters. The molecule has 0 spiro atoms. The van der Waals surface area contributed by atoms with E-state index < -0.39 is 0 Å². The fourth-order valence-electron chi connectivity index (χ4n) is 2.93. The molecular weight excluding hydrogens is 242 g/mol. The highest BCUT2D eigenvalue weighted by Crippen LogP contribution is 2.26. The van der Waals surface area contributed by atoms with Crippen molar-refractivity contribution in [1.29, 1.82) is 0 Å². The molecular formula is C14H27N3O2. The van der Waals surface area contributed by atoms with E-state index in [-0.39, 0.29) is 11.3 Å². The van der Waals surface area contributed by atoms with Gasteiger partial charge >= 0.3 is 0 Å². The van der Waals surface area contributed by atoms with Crippen LogP contribution in [-0.2, 0) is 9.53 Å². The number of hydrogen-bond donors (Lipinski definition) is 1. The summed E-state index contributed by atoms with van der Waals surface area (Å²) >= 11 is 0. The zero-order chi connectivity index (χ0) is 13.9. The lowest BCUT2D eigenvalue weighted by atomic mass is 9.86. The maximum absolute atomic E-state index is 12.6. The van der Waals surface area contributed by atoms with Crippen molar-refractivity contribution in [3.63, 3.8) is 0 Å². The Hall–Kier alpha value is -0.650. The van der Waals surface area contributed by atoms with Gasteiger partial charge in [0.15, 0.2) is 0 Å². The molecule has 110 valence electrons. The molecule has 2 aliphatic rings. The minimum atomic E-state index is -0.389. The highest BCUT2D eigenvalue weighted by molar-refractivity contribution is 5.82. The summed E-state index contributed by atoms with van der Waals surface area (Å²) < 4.78 is 5.38. The number of nitrogens with zero attached hydrogens (tertiary/aromatic N) is 2. The minimum Gasteiger partial charge on any atom is -0.379 e. The van der Waals surface area contributed by atoms with Crippen molar-refractivity contribution in [3.8, 4) is 0 Å². The molecule has 2 aliphatic heterocycles. The smallest absolute Gasteiger partial charge is 0.229 e. The van der Waals surface area contributed by atoms with Crippen LogP contribution in [-0.4, -0.2) is 67.7 Å². The van der Waals surface area contributed by atoms with Gasteiger partial charge in [-0.05, 0) is 19.8 Å². The quantitative estimate of drug-likeness (QED) is 0.797. The Morgan fingerprint density at radius 1 is 1.37 bits per heavy atom. The first kappa shape index (κ1) is 14.8. The van der Waals surface area contributed by atoms with Crippen LogP contribution in [0, 0.1) is 5.41 Å². The Balaban J connectivity index is 1.92. The summed E-state index contributed by atoms with van der Waals surface area (Å²) in [6.45, 7) is 9.81. The van der Waals surface area contributed by atoms with E-state index in [0.717, 1.165) is 52.2 Å². The number of amides is 1. The maximum atomic E-state index is 12.6. The van der Waals surface area contributed by atoms with E-state index in [0.29, 0.717) is 12.6 Å². The third kappa shape index (κ3) is 3.09. The summed E-state index contributed by atoms with van der Waals surface area (Å²) in [5.41, 5.74) is 5.40. The molecule has 0 aliphatic carbocycles. The van der Waals surface area contributed by atoms with E-state index in [1.165, 1.54) is 0 Å². The van der Waals surface area contributed by atoms with Gasteiger partial charge in [-0.25, -0.2) is 0 Å². The van der Waals surface area contributed by atoms with Crippen LogP contribution in [0.2, 0.25) is 0 Å². The molecule has 19 heavy (non-hydrogen) atoms. The van der Waals surface area contributed by atoms with Crippen LogP contribution in [0.1, 0.15) is 26.7 Å².